The van der Waals surface area contributed by atoms with Gasteiger partial charge in [-0.05, 0) is 42.5 Å². The van der Waals surface area contributed by atoms with Gasteiger partial charge in [-0.2, -0.15) is 0 Å². The van der Waals surface area contributed by atoms with Crippen LogP contribution in [0.2, 0.25) is 0 Å². The molecule has 0 aliphatic carbocycles. The van der Waals surface area contributed by atoms with Crippen molar-refractivity contribution in [3.05, 3.63) is 92.9 Å². The highest BCUT2D eigenvalue weighted by atomic mass is 32.2. The molecule has 0 bridgehead atoms. The fraction of sp³-hybridized carbons (Fsp3) is 0.321. The molecule has 12 heteroatoms. The monoisotopic (exact) mass is 569 g/mol. The van der Waals surface area contributed by atoms with Gasteiger partial charge in [-0.1, -0.05) is 24.3 Å². The molecular formula is C28H25F2N3O6S. The number of methoxy groups -OCH3 is 1. The smallest absolute Gasteiger partial charge is 0.451 e. The molecule has 1 aromatic heterocycles. The highest BCUT2D eigenvalue weighted by molar-refractivity contribution is 7.98. The molecule has 6 rings (SSSR count). The van der Waals surface area contributed by atoms with Crippen LogP contribution < -0.4 is 15.2 Å². The molecular weight excluding hydrogens is 544 g/mol. The number of ether oxygens (including phenoxy) is 3. The third-order valence-electron chi connectivity index (χ3n) is 7.45. The van der Waals surface area contributed by atoms with E-state index in [2.05, 4.69) is 4.74 Å². The first kappa shape index (κ1) is 26.2. The van der Waals surface area contributed by atoms with Crippen molar-refractivity contribution in [3.8, 4) is 5.75 Å². The highest BCUT2D eigenvalue weighted by Crippen LogP contribution is 2.45. The van der Waals surface area contributed by atoms with Crippen molar-refractivity contribution in [1.82, 2.24) is 9.58 Å². The molecule has 0 spiro atoms. The van der Waals surface area contributed by atoms with E-state index in [0.29, 0.717) is 18.5 Å². The Labute approximate surface area is 232 Å². The summed E-state index contributed by atoms with van der Waals surface area (Å²) < 4.78 is 46.1. The minimum absolute atomic E-state index is 0.0439. The van der Waals surface area contributed by atoms with Crippen LogP contribution in [-0.2, 0) is 15.2 Å². The van der Waals surface area contributed by atoms with Gasteiger partial charge in [-0.3, -0.25) is 19.3 Å². The lowest BCUT2D eigenvalue weighted by Gasteiger charge is -2.52. The number of hydrogen-bond acceptors (Lipinski definition) is 8. The Balaban J connectivity index is 1.58. The minimum Gasteiger partial charge on any atom is -0.451 e. The number of carbonyl (C=O) groups excluding carboxylic acids is 2. The number of carbonyl (C=O) groups is 2. The maximum atomic E-state index is 15.3. The van der Waals surface area contributed by atoms with Gasteiger partial charge < -0.3 is 19.1 Å². The number of nitrogens with zero attached hydrogens (tertiary/aromatic N) is 3. The first-order valence-electron chi connectivity index (χ1n) is 12.8. The van der Waals surface area contributed by atoms with E-state index in [0.717, 1.165) is 36.5 Å². The third kappa shape index (κ3) is 4.26. The Hall–Kier alpha value is -4.06. The van der Waals surface area contributed by atoms with Crippen LogP contribution in [0.5, 0.6) is 5.75 Å². The molecule has 3 aliphatic rings. The summed E-state index contributed by atoms with van der Waals surface area (Å²) in [4.78, 5) is 40.9. The number of thioether (sulfide) groups is 1. The second-order valence-corrected chi connectivity index (χ2v) is 10.6. The molecule has 0 unspecified atom stereocenters. The van der Waals surface area contributed by atoms with Crippen molar-refractivity contribution < 1.29 is 32.6 Å². The Morgan fingerprint density at radius 1 is 1.07 bits per heavy atom. The quantitative estimate of drug-likeness (QED) is 0.334. The summed E-state index contributed by atoms with van der Waals surface area (Å²) in [5.74, 6) is -2.30. The van der Waals surface area contributed by atoms with Crippen molar-refractivity contribution in [2.75, 3.05) is 25.5 Å². The molecule has 1 fully saturated rings. The van der Waals surface area contributed by atoms with E-state index in [1.165, 1.54) is 24.0 Å². The topological polar surface area (TPSA) is 90.3 Å². The van der Waals surface area contributed by atoms with E-state index in [1.807, 2.05) is 29.3 Å². The zero-order valence-corrected chi connectivity index (χ0v) is 22.3. The second kappa shape index (κ2) is 10.5. The predicted molar refractivity (Wildman–Crippen MR) is 141 cm³/mol. The normalized spacial score (nSPS) is 19.5. The Morgan fingerprint density at radius 3 is 2.73 bits per heavy atom. The fourth-order valence-electron chi connectivity index (χ4n) is 5.68. The van der Waals surface area contributed by atoms with Gasteiger partial charge in [0.1, 0.15) is 6.17 Å². The lowest BCUT2D eigenvalue weighted by atomic mass is 9.92. The van der Waals surface area contributed by atoms with Gasteiger partial charge in [0.05, 0.1) is 13.2 Å². The summed E-state index contributed by atoms with van der Waals surface area (Å²) in [5.41, 5.74) is 1.05. The van der Waals surface area contributed by atoms with Crippen LogP contribution in [0.25, 0.3) is 0 Å². The van der Waals surface area contributed by atoms with Gasteiger partial charge in [0, 0.05) is 35.0 Å². The number of aromatic nitrogens is 1. The number of pyridine rings is 1. The number of fused-ring (bicyclic) bond motifs is 4. The first-order chi connectivity index (χ1) is 19.4. The number of rotatable bonds is 4. The van der Waals surface area contributed by atoms with Crippen molar-refractivity contribution in [2.45, 2.75) is 42.1 Å². The van der Waals surface area contributed by atoms with Crippen LogP contribution in [0, 0.1) is 11.6 Å². The van der Waals surface area contributed by atoms with E-state index in [4.69, 9.17) is 9.47 Å². The molecule has 2 atom stereocenters. The van der Waals surface area contributed by atoms with Crippen LogP contribution in [-0.4, -0.2) is 48.3 Å². The van der Waals surface area contributed by atoms with E-state index in [-0.39, 0.29) is 22.8 Å². The number of halogens is 2. The highest BCUT2D eigenvalue weighted by Gasteiger charge is 2.46. The zero-order valence-electron chi connectivity index (χ0n) is 21.5. The van der Waals surface area contributed by atoms with E-state index < -0.39 is 48.1 Å². The molecule has 3 aliphatic heterocycles. The number of hydrogen-bond donors (Lipinski definition) is 0. The molecule has 1 saturated heterocycles. The van der Waals surface area contributed by atoms with Crippen molar-refractivity contribution in [1.29, 1.82) is 0 Å². The summed E-state index contributed by atoms with van der Waals surface area (Å²) in [6.45, 7) is -0.208. The second-order valence-electron chi connectivity index (χ2n) is 9.58. The van der Waals surface area contributed by atoms with Crippen LogP contribution in [0.3, 0.4) is 0 Å². The lowest BCUT2D eigenvalue weighted by molar-refractivity contribution is 0.0126. The van der Waals surface area contributed by atoms with Gasteiger partial charge in [0.2, 0.25) is 18.0 Å². The van der Waals surface area contributed by atoms with Crippen molar-refractivity contribution in [3.63, 3.8) is 0 Å². The number of piperidine rings is 1. The van der Waals surface area contributed by atoms with Gasteiger partial charge in [0.25, 0.3) is 5.91 Å². The SMILES string of the molecule is COC(=O)OCOc1c2n(ccc1=O)N([C@@H]1c3ccccc3SCc3c1ccc(F)c3F)[C@@H]1CCCCN1C2=O. The minimum atomic E-state index is -1.01. The van der Waals surface area contributed by atoms with E-state index in [1.54, 1.807) is 15.6 Å². The number of amides is 1. The standard InChI is InChI=1S/C28H25F2N3O6S/c1-37-28(36)39-15-38-26-20(34)11-13-32-25(26)27(35)31-12-5-4-8-22(31)33(32)24-16-9-10-19(29)23(30)18(16)14-40-21-7-3-2-6-17(21)24/h2-3,6-7,9-11,13,22,24H,4-5,8,12,14-15H2,1H3/t22-,24+/m1/s1. The molecule has 0 N–H and O–H groups in total. The van der Waals surface area contributed by atoms with E-state index >= 15 is 4.39 Å². The summed E-state index contributed by atoms with van der Waals surface area (Å²) >= 11 is 1.42. The predicted octanol–water partition coefficient (Wildman–Crippen LogP) is 4.54. The molecule has 4 heterocycles. The molecule has 2 aromatic carbocycles. The molecule has 40 heavy (non-hydrogen) atoms. The van der Waals surface area contributed by atoms with Crippen LogP contribution in [0.15, 0.2) is 58.4 Å². The van der Waals surface area contributed by atoms with Crippen molar-refractivity contribution >= 4 is 23.8 Å². The van der Waals surface area contributed by atoms with Gasteiger partial charge in [-0.15, -0.1) is 11.8 Å². The largest absolute Gasteiger partial charge is 0.510 e. The van der Waals surface area contributed by atoms with Gasteiger partial charge in [0.15, 0.2) is 17.3 Å². The fourth-order valence-corrected chi connectivity index (χ4v) is 6.80. The van der Waals surface area contributed by atoms with E-state index in [9.17, 15) is 18.8 Å². The summed E-state index contributed by atoms with van der Waals surface area (Å²) in [7, 11) is 1.13. The molecule has 208 valence electrons. The third-order valence-corrected chi connectivity index (χ3v) is 8.56. The average molecular weight is 570 g/mol. The average Bonchev–Trinajstić information content (AvgIpc) is 3.13. The number of benzene rings is 2. The zero-order chi connectivity index (χ0) is 28.0. The Morgan fingerprint density at radius 2 is 1.90 bits per heavy atom. The van der Waals surface area contributed by atoms with Crippen molar-refractivity contribution in [2.24, 2.45) is 0 Å². The van der Waals surface area contributed by atoms with Crippen LogP contribution in [0.4, 0.5) is 13.6 Å². The van der Waals surface area contributed by atoms with Gasteiger partial charge in [-0.25, -0.2) is 13.6 Å². The molecule has 9 nitrogen and oxygen atoms in total. The lowest BCUT2D eigenvalue weighted by Crippen LogP contribution is -2.63. The van der Waals surface area contributed by atoms with Gasteiger partial charge >= 0.3 is 6.16 Å². The molecule has 1 amide bonds. The van der Waals surface area contributed by atoms with Crippen LogP contribution in [0.1, 0.15) is 52.5 Å². The first-order valence-corrected chi connectivity index (χ1v) is 13.8. The molecule has 0 saturated carbocycles. The maximum Gasteiger partial charge on any atom is 0.510 e. The molecule has 0 radical (unpaired) electrons. The summed E-state index contributed by atoms with van der Waals surface area (Å²) in [6.07, 6.45) is 2.30. The summed E-state index contributed by atoms with van der Waals surface area (Å²) in [5, 5.41) is 1.95. The maximum absolute atomic E-state index is 15.3. The Bertz CT molecular complexity index is 1560. The summed E-state index contributed by atoms with van der Waals surface area (Å²) in [6, 6.07) is 11.0. The molecule has 3 aromatic rings. The Kier molecular flexibility index (Phi) is 6.87. The van der Waals surface area contributed by atoms with Crippen LogP contribution >= 0.6 is 11.8 Å².